The zero-order valence-electron chi connectivity index (χ0n) is 18.6. The van der Waals surface area contributed by atoms with Crippen molar-refractivity contribution in [2.45, 2.75) is 46.5 Å². The van der Waals surface area contributed by atoms with E-state index in [4.69, 9.17) is 23.2 Å². The van der Waals surface area contributed by atoms with E-state index in [2.05, 4.69) is 15.0 Å². The Morgan fingerprint density at radius 2 is 1.73 bits per heavy atom. The molecule has 3 rings (SSSR count). The van der Waals surface area contributed by atoms with E-state index in [-0.39, 0.29) is 24.5 Å². The maximum absolute atomic E-state index is 13.8. The molecule has 174 valence electrons. The number of carbonyl (C=O) groups is 1. The van der Waals surface area contributed by atoms with Crippen LogP contribution in [0.5, 0.6) is 0 Å². The van der Waals surface area contributed by atoms with Gasteiger partial charge in [0.2, 0.25) is 0 Å². The van der Waals surface area contributed by atoms with E-state index in [0.717, 1.165) is 12.5 Å². The first kappa shape index (κ1) is 25.0. The summed E-state index contributed by atoms with van der Waals surface area (Å²) >= 11 is 12.5. The molecule has 0 aliphatic carbocycles. The molecule has 33 heavy (non-hydrogen) atoms. The zero-order chi connectivity index (χ0) is 24.6. The largest absolute Gasteiger partial charge is 0.348 e. The van der Waals surface area contributed by atoms with Gasteiger partial charge in [-0.25, -0.2) is 18.6 Å². The van der Waals surface area contributed by atoms with Crippen LogP contribution in [0.1, 0.15) is 38.3 Å². The third kappa shape index (κ3) is 5.47. The number of ketones is 1. The Morgan fingerprint density at radius 3 is 2.36 bits per heavy atom. The molecule has 0 bridgehead atoms. The van der Waals surface area contributed by atoms with Gasteiger partial charge in [0.05, 0.1) is 10.4 Å². The van der Waals surface area contributed by atoms with Crippen LogP contribution in [0, 0.1) is 12.3 Å². The molecule has 0 spiro atoms. The molecule has 1 aromatic heterocycles. The van der Waals surface area contributed by atoms with Gasteiger partial charge in [0.1, 0.15) is 11.6 Å². The molecule has 0 fully saturated rings. The molecule has 0 aliphatic rings. The highest BCUT2D eigenvalue weighted by molar-refractivity contribution is 6.33. The van der Waals surface area contributed by atoms with Crippen molar-refractivity contribution in [3.05, 3.63) is 68.1 Å². The monoisotopic (exact) mass is 493 g/mol. The number of rotatable bonds is 7. The zero-order valence-corrected chi connectivity index (χ0v) is 20.1. The number of H-pyrrole nitrogens is 1. The average molecular weight is 494 g/mol. The Balaban J connectivity index is 1.92. The summed E-state index contributed by atoms with van der Waals surface area (Å²) in [5, 5.41) is 0.843. The van der Waals surface area contributed by atoms with Crippen LogP contribution in [0.3, 0.4) is 0 Å². The third-order valence-corrected chi connectivity index (χ3v) is 6.54. The van der Waals surface area contributed by atoms with Crippen LogP contribution in [0.2, 0.25) is 10.0 Å². The quantitative estimate of drug-likeness (QED) is 0.419. The SMILES string of the molecule is Cc1ccc(-c2nc(-c3cc(CCC(=O)C(C)(C)C(C)(F)F)ccc3Cl)[nH]c(=O)n2)cc1Cl. The van der Waals surface area contributed by atoms with Crippen molar-refractivity contribution in [2.24, 2.45) is 5.41 Å². The van der Waals surface area contributed by atoms with E-state index in [1.165, 1.54) is 13.8 Å². The number of aryl methyl sites for hydroxylation is 2. The maximum Gasteiger partial charge on any atom is 0.348 e. The maximum atomic E-state index is 13.8. The van der Waals surface area contributed by atoms with Crippen LogP contribution >= 0.6 is 23.2 Å². The van der Waals surface area contributed by atoms with Crippen molar-refractivity contribution in [2.75, 3.05) is 0 Å². The summed E-state index contributed by atoms with van der Waals surface area (Å²) in [6.07, 6.45) is 0.170. The molecule has 0 saturated carbocycles. The van der Waals surface area contributed by atoms with E-state index < -0.39 is 22.8 Å². The van der Waals surface area contributed by atoms with Gasteiger partial charge in [-0.05, 0) is 56.5 Å². The van der Waals surface area contributed by atoms with Gasteiger partial charge in [-0.15, -0.1) is 0 Å². The van der Waals surface area contributed by atoms with Crippen LogP contribution in [0.25, 0.3) is 22.8 Å². The second-order valence-corrected chi connectivity index (χ2v) is 9.36. The highest BCUT2D eigenvalue weighted by Crippen LogP contribution is 2.38. The summed E-state index contributed by atoms with van der Waals surface area (Å²) in [7, 11) is 0. The van der Waals surface area contributed by atoms with Gasteiger partial charge in [-0.3, -0.25) is 9.78 Å². The van der Waals surface area contributed by atoms with E-state index >= 15 is 0 Å². The number of nitrogens with one attached hydrogen (secondary N) is 1. The van der Waals surface area contributed by atoms with Crippen LogP contribution in [0.4, 0.5) is 8.78 Å². The minimum absolute atomic E-state index is 0.0646. The molecule has 0 aliphatic heterocycles. The number of alkyl halides is 2. The molecular formula is C24H23Cl2F2N3O2. The van der Waals surface area contributed by atoms with Crippen molar-refractivity contribution in [3.8, 4) is 22.8 Å². The molecule has 9 heteroatoms. The summed E-state index contributed by atoms with van der Waals surface area (Å²) in [5.74, 6) is -3.30. The minimum Gasteiger partial charge on any atom is -0.299 e. The molecule has 0 atom stereocenters. The lowest BCUT2D eigenvalue weighted by Crippen LogP contribution is -2.40. The molecule has 3 aromatic rings. The second kappa shape index (κ2) is 9.31. The first-order valence-corrected chi connectivity index (χ1v) is 11.0. The Labute approximate surface area is 200 Å². The van der Waals surface area contributed by atoms with Crippen LogP contribution in [-0.2, 0) is 11.2 Å². The summed E-state index contributed by atoms with van der Waals surface area (Å²) in [4.78, 5) is 35.6. The smallest absolute Gasteiger partial charge is 0.299 e. The van der Waals surface area contributed by atoms with Crippen molar-refractivity contribution in [1.29, 1.82) is 0 Å². The summed E-state index contributed by atoms with van der Waals surface area (Å²) in [5.41, 5.74) is 0.177. The predicted octanol–water partition coefficient (Wildman–Crippen LogP) is 6.30. The fourth-order valence-electron chi connectivity index (χ4n) is 3.10. The molecular weight excluding hydrogens is 471 g/mol. The number of aromatic amines is 1. The van der Waals surface area contributed by atoms with Gasteiger partial charge in [-0.1, -0.05) is 41.4 Å². The van der Waals surface area contributed by atoms with E-state index in [1.807, 2.05) is 6.92 Å². The normalized spacial score (nSPS) is 12.1. The Kier molecular flexibility index (Phi) is 7.05. The molecule has 1 N–H and O–H groups in total. The number of Topliss-reactive ketones (excluding diaryl/α,β-unsaturated/α-hetero) is 1. The topological polar surface area (TPSA) is 75.7 Å². The number of nitrogens with zero attached hydrogens (tertiary/aromatic N) is 2. The van der Waals surface area contributed by atoms with E-state index in [1.54, 1.807) is 36.4 Å². The molecule has 0 saturated heterocycles. The fraction of sp³-hybridized carbons (Fsp3) is 0.333. The van der Waals surface area contributed by atoms with Crippen molar-refractivity contribution in [1.82, 2.24) is 15.0 Å². The molecule has 5 nitrogen and oxygen atoms in total. The first-order valence-electron chi connectivity index (χ1n) is 10.2. The highest BCUT2D eigenvalue weighted by Gasteiger charge is 2.47. The van der Waals surface area contributed by atoms with E-state index in [9.17, 15) is 18.4 Å². The third-order valence-electron chi connectivity index (χ3n) is 5.80. The van der Waals surface area contributed by atoms with Crippen molar-refractivity contribution < 1.29 is 13.6 Å². The van der Waals surface area contributed by atoms with Crippen LogP contribution in [0.15, 0.2) is 41.2 Å². The summed E-state index contributed by atoms with van der Waals surface area (Å²) < 4.78 is 27.6. The lowest BCUT2D eigenvalue weighted by atomic mass is 9.80. The number of carbonyl (C=O) groups excluding carboxylic acids is 1. The lowest BCUT2D eigenvalue weighted by molar-refractivity contribution is -0.149. The van der Waals surface area contributed by atoms with Gasteiger partial charge in [-0.2, -0.15) is 4.98 Å². The highest BCUT2D eigenvalue weighted by atomic mass is 35.5. The van der Waals surface area contributed by atoms with Gasteiger partial charge in [0.25, 0.3) is 5.92 Å². The number of halogens is 4. The first-order chi connectivity index (χ1) is 15.3. The Hall–Kier alpha value is -2.64. The number of hydrogen-bond acceptors (Lipinski definition) is 4. The lowest BCUT2D eigenvalue weighted by Gasteiger charge is -2.29. The number of benzene rings is 2. The predicted molar refractivity (Wildman–Crippen MR) is 126 cm³/mol. The standard InChI is InChI=1S/C24H23Cl2F2N3O2/c1-13-5-8-15(12-18(13)26)20-29-21(31-22(33)30-20)16-11-14(6-9-17(16)25)7-10-19(32)23(2,3)24(4,27)28/h5-6,8-9,11-12H,7,10H2,1-4H3,(H,29,30,31,33). The van der Waals surface area contributed by atoms with E-state index in [0.29, 0.717) is 26.7 Å². The Bertz CT molecular complexity index is 1270. The average Bonchev–Trinajstić information content (AvgIpc) is 2.73. The molecule has 0 unspecified atom stereocenters. The summed E-state index contributed by atoms with van der Waals surface area (Å²) in [6, 6.07) is 10.2. The van der Waals surface area contributed by atoms with Gasteiger partial charge >= 0.3 is 5.69 Å². The minimum atomic E-state index is -3.13. The van der Waals surface area contributed by atoms with Crippen molar-refractivity contribution in [3.63, 3.8) is 0 Å². The van der Waals surface area contributed by atoms with Crippen LogP contribution < -0.4 is 5.69 Å². The van der Waals surface area contributed by atoms with Gasteiger partial charge in [0.15, 0.2) is 5.82 Å². The number of hydrogen-bond donors (Lipinski definition) is 1. The molecule has 0 radical (unpaired) electrons. The molecule has 0 amide bonds. The van der Waals surface area contributed by atoms with Crippen molar-refractivity contribution >= 4 is 29.0 Å². The molecule has 2 aromatic carbocycles. The number of aromatic nitrogens is 3. The van der Waals surface area contributed by atoms with Gasteiger partial charge in [0, 0.05) is 29.5 Å². The Morgan fingerprint density at radius 1 is 1.03 bits per heavy atom. The summed E-state index contributed by atoms with van der Waals surface area (Å²) in [6.45, 7) is 5.09. The fourth-order valence-corrected chi connectivity index (χ4v) is 3.49. The van der Waals surface area contributed by atoms with Crippen LogP contribution in [-0.4, -0.2) is 26.7 Å². The second-order valence-electron chi connectivity index (χ2n) is 8.54. The van der Waals surface area contributed by atoms with Gasteiger partial charge < -0.3 is 0 Å². The molecule has 1 heterocycles.